The van der Waals surface area contributed by atoms with Gasteiger partial charge in [0.1, 0.15) is 0 Å². The van der Waals surface area contributed by atoms with Gasteiger partial charge in [0.15, 0.2) is 11.6 Å². The van der Waals surface area contributed by atoms with E-state index in [9.17, 15) is 14.4 Å². The van der Waals surface area contributed by atoms with Crippen molar-refractivity contribution < 1.29 is 14.4 Å². The number of amides is 1. The molecule has 20 heavy (non-hydrogen) atoms. The smallest absolute Gasteiger partial charge is 0.220 e. The lowest BCUT2D eigenvalue weighted by Crippen LogP contribution is -2.24. The normalized spacial score (nSPS) is 16.0. The first kappa shape index (κ1) is 16.3. The molecule has 4 heteroatoms. The predicted octanol–water partition coefficient (Wildman–Crippen LogP) is 2.49. The number of carbonyl (C=O) groups is 3. The van der Waals surface area contributed by atoms with Gasteiger partial charge in [-0.05, 0) is 40.0 Å². The van der Waals surface area contributed by atoms with Crippen LogP contribution in [-0.4, -0.2) is 24.0 Å². The van der Waals surface area contributed by atoms with Crippen molar-refractivity contribution in [2.45, 2.75) is 53.4 Å². The van der Waals surface area contributed by atoms with Gasteiger partial charge in [-0.2, -0.15) is 0 Å². The molecule has 0 saturated heterocycles. The van der Waals surface area contributed by atoms with Crippen LogP contribution in [0.5, 0.6) is 0 Å². The maximum Gasteiger partial charge on any atom is 0.220 e. The molecule has 0 aromatic heterocycles. The zero-order chi connectivity index (χ0) is 15.3. The number of hydrogen-bond donors (Lipinski definition) is 1. The highest BCUT2D eigenvalue weighted by atomic mass is 16.2. The summed E-state index contributed by atoms with van der Waals surface area (Å²) in [4.78, 5) is 35.7. The zero-order valence-corrected chi connectivity index (χ0v) is 12.8. The fourth-order valence-corrected chi connectivity index (χ4v) is 2.24. The summed E-state index contributed by atoms with van der Waals surface area (Å²) in [7, 11) is 0. The topological polar surface area (TPSA) is 63.2 Å². The average molecular weight is 277 g/mol. The van der Waals surface area contributed by atoms with Gasteiger partial charge in [0.05, 0.1) is 0 Å². The van der Waals surface area contributed by atoms with Crippen LogP contribution in [-0.2, 0) is 14.4 Å². The summed E-state index contributed by atoms with van der Waals surface area (Å²) in [5, 5.41) is 2.80. The second-order valence-corrected chi connectivity index (χ2v) is 5.22. The molecule has 110 valence electrons. The minimum atomic E-state index is -0.0486. The molecule has 1 rings (SSSR count). The second-order valence-electron chi connectivity index (χ2n) is 5.22. The Morgan fingerprint density at radius 2 is 1.60 bits per heavy atom. The van der Waals surface area contributed by atoms with Crippen molar-refractivity contribution in [1.82, 2.24) is 5.32 Å². The SMILES string of the molecule is CCCNC(=O)CCCC1=C(C)C(=O)C(C)=C(C)C1=O. The minimum Gasteiger partial charge on any atom is -0.356 e. The maximum atomic E-state index is 12.2. The number of carbonyl (C=O) groups excluding carboxylic acids is 3. The summed E-state index contributed by atoms with van der Waals surface area (Å²) in [6.45, 7) is 7.75. The quantitative estimate of drug-likeness (QED) is 0.759. The number of ketones is 2. The van der Waals surface area contributed by atoms with Crippen molar-refractivity contribution >= 4 is 17.5 Å². The molecule has 0 spiro atoms. The van der Waals surface area contributed by atoms with Crippen molar-refractivity contribution in [2.75, 3.05) is 6.54 Å². The first-order chi connectivity index (χ1) is 9.40. The summed E-state index contributed by atoms with van der Waals surface area (Å²) >= 11 is 0. The van der Waals surface area contributed by atoms with Gasteiger partial charge in [0.25, 0.3) is 0 Å². The van der Waals surface area contributed by atoms with Gasteiger partial charge in [-0.1, -0.05) is 6.92 Å². The number of hydrogen-bond acceptors (Lipinski definition) is 3. The molecule has 1 aliphatic carbocycles. The third-order valence-corrected chi connectivity index (χ3v) is 3.71. The Labute approximate surface area is 120 Å². The lowest BCUT2D eigenvalue weighted by molar-refractivity contribution is -0.121. The van der Waals surface area contributed by atoms with Crippen molar-refractivity contribution in [2.24, 2.45) is 0 Å². The molecule has 0 atom stereocenters. The zero-order valence-electron chi connectivity index (χ0n) is 12.8. The van der Waals surface area contributed by atoms with Crippen LogP contribution >= 0.6 is 0 Å². The predicted molar refractivity (Wildman–Crippen MR) is 78.2 cm³/mol. The standard InChI is InChI=1S/C16H23NO3/c1-5-9-17-14(18)8-6-7-13-12(4)15(19)10(2)11(3)16(13)20/h5-9H2,1-4H3,(H,17,18). The summed E-state index contributed by atoms with van der Waals surface area (Å²) in [6, 6.07) is 0. The van der Waals surface area contributed by atoms with E-state index in [1.54, 1.807) is 20.8 Å². The Bertz CT molecular complexity index is 498. The van der Waals surface area contributed by atoms with Gasteiger partial charge in [-0.15, -0.1) is 0 Å². The minimum absolute atomic E-state index is 0.00290. The molecule has 0 unspecified atom stereocenters. The van der Waals surface area contributed by atoms with Crippen molar-refractivity contribution in [3.63, 3.8) is 0 Å². The average Bonchev–Trinajstić information content (AvgIpc) is 2.44. The molecule has 0 aromatic rings. The number of allylic oxidation sites excluding steroid dienone is 4. The number of nitrogens with one attached hydrogen (secondary N) is 1. The highest BCUT2D eigenvalue weighted by Gasteiger charge is 2.27. The first-order valence-corrected chi connectivity index (χ1v) is 7.13. The summed E-state index contributed by atoms with van der Waals surface area (Å²) in [5.41, 5.74) is 2.18. The second kappa shape index (κ2) is 7.17. The van der Waals surface area contributed by atoms with Crippen LogP contribution in [0.3, 0.4) is 0 Å². The molecule has 0 saturated carbocycles. The van der Waals surface area contributed by atoms with Crippen LogP contribution in [0.2, 0.25) is 0 Å². The molecule has 0 fully saturated rings. The Morgan fingerprint density at radius 3 is 2.20 bits per heavy atom. The Balaban J connectivity index is 2.62. The largest absolute Gasteiger partial charge is 0.356 e. The van der Waals surface area contributed by atoms with Crippen LogP contribution in [0.1, 0.15) is 53.4 Å². The summed E-state index contributed by atoms with van der Waals surface area (Å²) in [6.07, 6.45) is 2.38. The molecule has 0 aliphatic heterocycles. The molecule has 0 heterocycles. The van der Waals surface area contributed by atoms with E-state index >= 15 is 0 Å². The van der Waals surface area contributed by atoms with E-state index in [1.165, 1.54) is 0 Å². The van der Waals surface area contributed by atoms with Gasteiger partial charge in [-0.25, -0.2) is 0 Å². The Hall–Kier alpha value is -1.71. The highest BCUT2D eigenvalue weighted by Crippen LogP contribution is 2.27. The van der Waals surface area contributed by atoms with Crippen LogP contribution < -0.4 is 5.32 Å². The van der Waals surface area contributed by atoms with E-state index in [0.29, 0.717) is 48.1 Å². The first-order valence-electron chi connectivity index (χ1n) is 7.13. The number of rotatable bonds is 6. The van der Waals surface area contributed by atoms with Crippen molar-refractivity contribution in [3.05, 3.63) is 22.3 Å². The van der Waals surface area contributed by atoms with Crippen LogP contribution in [0.15, 0.2) is 22.3 Å². The molecule has 0 radical (unpaired) electrons. The molecular formula is C16H23NO3. The molecule has 0 aromatic carbocycles. The third kappa shape index (κ3) is 3.65. The number of Topliss-reactive ketones (excluding diaryl/α,β-unsaturated/α-hetero) is 2. The molecule has 1 N–H and O–H groups in total. The lowest BCUT2D eigenvalue weighted by atomic mass is 9.84. The van der Waals surface area contributed by atoms with Crippen molar-refractivity contribution in [1.29, 1.82) is 0 Å². The fraction of sp³-hybridized carbons (Fsp3) is 0.562. The molecule has 1 amide bonds. The van der Waals surface area contributed by atoms with Gasteiger partial charge in [0.2, 0.25) is 5.91 Å². The van der Waals surface area contributed by atoms with Crippen LogP contribution in [0, 0.1) is 0 Å². The van der Waals surface area contributed by atoms with E-state index in [-0.39, 0.29) is 17.5 Å². The highest BCUT2D eigenvalue weighted by molar-refractivity contribution is 6.24. The molecule has 1 aliphatic rings. The van der Waals surface area contributed by atoms with Gasteiger partial charge >= 0.3 is 0 Å². The van der Waals surface area contributed by atoms with Gasteiger partial charge in [-0.3, -0.25) is 14.4 Å². The summed E-state index contributed by atoms with van der Waals surface area (Å²) < 4.78 is 0. The fourth-order valence-electron chi connectivity index (χ4n) is 2.24. The van der Waals surface area contributed by atoms with Crippen LogP contribution in [0.25, 0.3) is 0 Å². The molecule has 4 nitrogen and oxygen atoms in total. The van der Waals surface area contributed by atoms with E-state index in [0.717, 1.165) is 6.42 Å². The third-order valence-electron chi connectivity index (χ3n) is 3.71. The maximum absolute atomic E-state index is 12.2. The van der Waals surface area contributed by atoms with Crippen molar-refractivity contribution in [3.8, 4) is 0 Å². The Morgan fingerprint density at radius 1 is 1.00 bits per heavy atom. The van der Waals surface area contributed by atoms with E-state index < -0.39 is 0 Å². The van der Waals surface area contributed by atoms with Gasteiger partial charge in [0, 0.05) is 35.3 Å². The van der Waals surface area contributed by atoms with E-state index in [2.05, 4.69) is 5.32 Å². The molecular weight excluding hydrogens is 254 g/mol. The van der Waals surface area contributed by atoms with Crippen LogP contribution in [0.4, 0.5) is 0 Å². The van der Waals surface area contributed by atoms with E-state index in [1.807, 2.05) is 6.92 Å². The monoisotopic (exact) mass is 277 g/mol. The van der Waals surface area contributed by atoms with E-state index in [4.69, 9.17) is 0 Å². The summed E-state index contributed by atoms with van der Waals surface area (Å²) in [5.74, 6) is -0.0933. The van der Waals surface area contributed by atoms with Gasteiger partial charge < -0.3 is 5.32 Å². The molecule has 0 bridgehead atoms. The lowest BCUT2D eigenvalue weighted by Gasteiger charge is -2.18. The Kier molecular flexibility index (Phi) is 5.86.